The van der Waals surface area contributed by atoms with Gasteiger partial charge in [-0.15, -0.1) is 0 Å². The zero-order valence-electron chi connectivity index (χ0n) is 8.36. The zero-order valence-corrected chi connectivity index (χ0v) is 13.1. The molecule has 0 radical (unpaired) electrons. The lowest BCUT2D eigenvalue weighted by Gasteiger charge is -2.27. The summed E-state index contributed by atoms with van der Waals surface area (Å²) in [4.78, 5) is 0. The third-order valence-electron chi connectivity index (χ3n) is 2.57. The van der Waals surface area contributed by atoms with Gasteiger partial charge in [-0.05, 0) is 37.9 Å². The number of nitrogens with one attached hydrogen (secondary N) is 2. The smallest absolute Gasteiger partial charge is 0.144 e. The second kappa shape index (κ2) is 5.35. The van der Waals surface area contributed by atoms with Crippen LogP contribution in [0.4, 0.5) is 0 Å². The molecule has 0 unspecified atom stereocenters. The summed E-state index contributed by atoms with van der Waals surface area (Å²) in [6.45, 7) is 2.77. The van der Waals surface area contributed by atoms with E-state index in [0.717, 1.165) is 34.1 Å². The summed E-state index contributed by atoms with van der Waals surface area (Å²) in [6, 6.07) is 2.07. The van der Waals surface area contributed by atoms with Crippen LogP contribution in [0.3, 0.4) is 0 Å². The van der Waals surface area contributed by atoms with Gasteiger partial charge in [0.05, 0.1) is 8.95 Å². The number of benzene rings is 1. The average Bonchev–Trinajstić information content (AvgIpc) is 2.28. The van der Waals surface area contributed by atoms with Crippen LogP contribution in [0.15, 0.2) is 19.5 Å². The molecule has 0 bridgehead atoms. The minimum atomic E-state index is 0.205. The van der Waals surface area contributed by atoms with Gasteiger partial charge < -0.3 is 15.7 Å². The molecule has 88 valence electrons. The topological polar surface area (TPSA) is 44.3 Å². The van der Waals surface area contributed by atoms with Crippen LogP contribution in [0.2, 0.25) is 0 Å². The monoisotopic (exact) mass is 412 g/mol. The Morgan fingerprint density at radius 2 is 1.94 bits per heavy atom. The maximum atomic E-state index is 9.88. The van der Waals surface area contributed by atoms with Crippen molar-refractivity contribution in [3.05, 3.63) is 25.0 Å². The van der Waals surface area contributed by atoms with Crippen LogP contribution in [0, 0.1) is 0 Å². The van der Waals surface area contributed by atoms with E-state index >= 15 is 0 Å². The summed E-state index contributed by atoms with van der Waals surface area (Å²) < 4.78 is 2.39. The van der Waals surface area contributed by atoms with Gasteiger partial charge >= 0.3 is 0 Å². The fourth-order valence-electron chi connectivity index (χ4n) is 1.77. The standard InChI is InChI=1S/C10H11Br3N2O/c11-5-3-6(12)10(16)9(13)8(5)7-4-14-1-2-15-7/h3,7,14-16H,1-2,4H2/t7-/m1/s1. The second-order valence-electron chi connectivity index (χ2n) is 3.63. The predicted molar refractivity (Wildman–Crippen MR) is 74.8 cm³/mol. The number of hydrogen-bond donors (Lipinski definition) is 3. The Bertz CT molecular complexity index is 406. The lowest BCUT2D eigenvalue weighted by atomic mass is 10.1. The number of phenols is 1. The first-order valence-corrected chi connectivity index (χ1v) is 7.29. The van der Waals surface area contributed by atoms with Crippen molar-refractivity contribution in [1.82, 2.24) is 10.6 Å². The molecular formula is C10H11Br3N2O. The molecule has 0 spiro atoms. The maximum absolute atomic E-state index is 9.88. The minimum absolute atomic E-state index is 0.205. The van der Waals surface area contributed by atoms with Gasteiger partial charge in [0, 0.05) is 35.7 Å². The lowest BCUT2D eigenvalue weighted by Crippen LogP contribution is -2.42. The van der Waals surface area contributed by atoms with Gasteiger partial charge in [-0.2, -0.15) is 0 Å². The molecule has 1 aliphatic rings. The Morgan fingerprint density at radius 3 is 2.56 bits per heavy atom. The lowest BCUT2D eigenvalue weighted by molar-refractivity contribution is 0.422. The highest BCUT2D eigenvalue weighted by Gasteiger charge is 2.22. The van der Waals surface area contributed by atoms with E-state index in [1.54, 1.807) is 0 Å². The van der Waals surface area contributed by atoms with E-state index in [1.165, 1.54) is 0 Å². The number of halogens is 3. The number of aromatic hydroxyl groups is 1. The van der Waals surface area contributed by atoms with Crippen LogP contribution in [0.25, 0.3) is 0 Å². The van der Waals surface area contributed by atoms with Gasteiger partial charge in [0.15, 0.2) is 0 Å². The molecule has 0 aromatic heterocycles. The van der Waals surface area contributed by atoms with E-state index in [2.05, 4.69) is 58.4 Å². The first-order chi connectivity index (χ1) is 7.61. The zero-order chi connectivity index (χ0) is 11.7. The molecule has 3 N–H and O–H groups in total. The Labute approximate surface area is 119 Å². The Hall–Kier alpha value is 0.380. The number of hydrogen-bond acceptors (Lipinski definition) is 3. The van der Waals surface area contributed by atoms with E-state index in [4.69, 9.17) is 0 Å². The molecular weight excluding hydrogens is 404 g/mol. The Morgan fingerprint density at radius 1 is 1.19 bits per heavy atom. The number of rotatable bonds is 1. The highest BCUT2D eigenvalue weighted by molar-refractivity contribution is 9.11. The summed E-state index contributed by atoms with van der Waals surface area (Å²) >= 11 is 10.3. The molecule has 0 saturated carbocycles. The Kier molecular flexibility index (Phi) is 4.29. The molecule has 0 amide bonds. The molecule has 1 aliphatic heterocycles. The van der Waals surface area contributed by atoms with E-state index in [1.807, 2.05) is 6.07 Å². The summed E-state index contributed by atoms with van der Waals surface area (Å²) in [5.74, 6) is 0.241. The molecule has 3 nitrogen and oxygen atoms in total. The van der Waals surface area contributed by atoms with Crippen molar-refractivity contribution < 1.29 is 5.11 Å². The van der Waals surface area contributed by atoms with Crippen molar-refractivity contribution in [3.8, 4) is 5.75 Å². The van der Waals surface area contributed by atoms with Crippen LogP contribution in [-0.2, 0) is 0 Å². The fraction of sp³-hybridized carbons (Fsp3) is 0.400. The molecule has 2 rings (SSSR count). The molecule has 16 heavy (non-hydrogen) atoms. The van der Waals surface area contributed by atoms with Crippen molar-refractivity contribution in [2.75, 3.05) is 19.6 Å². The van der Waals surface area contributed by atoms with Crippen LogP contribution in [0.1, 0.15) is 11.6 Å². The normalized spacial score (nSPS) is 21.1. The van der Waals surface area contributed by atoms with Gasteiger partial charge in [0.1, 0.15) is 5.75 Å². The third-order valence-corrected chi connectivity index (χ3v) is 4.63. The minimum Gasteiger partial charge on any atom is -0.506 e. The van der Waals surface area contributed by atoms with Crippen molar-refractivity contribution in [2.45, 2.75) is 6.04 Å². The van der Waals surface area contributed by atoms with Crippen molar-refractivity contribution >= 4 is 47.8 Å². The fourth-order valence-corrected chi connectivity index (χ4v) is 4.44. The Balaban J connectivity index is 2.42. The average molecular weight is 415 g/mol. The largest absolute Gasteiger partial charge is 0.506 e. The number of piperazine rings is 1. The molecule has 1 aromatic carbocycles. The maximum Gasteiger partial charge on any atom is 0.144 e. The quantitative estimate of drug-likeness (QED) is 0.662. The van der Waals surface area contributed by atoms with Crippen molar-refractivity contribution in [1.29, 1.82) is 0 Å². The van der Waals surface area contributed by atoms with Crippen LogP contribution in [-0.4, -0.2) is 24.7 Å². The van der Waals surface area contributed by atoms with Crippen LogP contribution >= 0.6 is 47.8 Å². The van der Waals surface area contributed by atoms with E-state index in [-0.39, 0.29) is 11.8 Å². The first-order valence-electron chi connectivity index (χ1n) is 4.91. The van der Waals surface area contributed by atoms with Gasteiger partial charge in [-0.3, -0.25) is 0 Å². The summed E-state index contributed by atoms with van der Waals surface area (Å²) in [5.41, 5.74) is 1.05. The van der Waals surface area contributed by atoms with E-state index in [9.17, 15) is 5.11 Å². The highest BCUT2D eigenvalue weighted by Crippen LogP contribution is 2.42. The molecule has 0 aliphatic carbocycles. The summed E-state index contributed by atoms with van der Waals surface area (Å²) in [7, 11) is 0. The van der Waals surface area contributed by atoms with Crippen molar-refractivity contribution in [3.63, 3.8) is 0 Å². The second-order valence-corrected chi connectivity index (χ2v) is 6.13. The number of phenolic OH excluding ortho intramolecular Hbond substituents is 1. The third kappa shape index (κ3) is 2.46. The first kappa shape index (κ1) is 12.8. The molecule has 6 heteroatoms. The van der Waals surface area contributed by atoms with Crippen LogP contribution < -0.4 is 10.6 Å². The summed E-state index contributed by atoms with van der Waals surface area (Å²) in [6.07, 6.45) is 0. The van der Waals surface area contributed by atoms with E-state index < -0.39 is 0 Å². The van der Waals surface area contributed by atoms with Crippen molar-refractivity contribution in [2.24, 2.45) is 0 Å². The molecule has 1 fully saturated rings. The van der Waals surface area contributed by atoms with Gasteiger partial charge in [0.2, 0.25) is 0 Å². The molecule has 1 saturated heterocycles. The SMILES string of the molecule is Oc1c(Br)cc(Br)c([C@H]2CNCCN2)c1Br. The van der Waals surface area contributed by atoms with Crippen LogP contribution in [0.5, 0.6) is 5.75 Å². The highest BCUT2D eigenvalue weighted by atomic mass is 79.9. The molecule has 1 aromatic rings. The predicted octanol–water partition coefficient (Wildman–Crippen LogP) is 2.91. The van der Waals surface area contributed by atoms with Gasteiger partial charge in [-0.1, -0.05) is 15.9 Å². The molecule has 1 heterocycles. The molecule has 1 atom stereocenters. The van der Waals surface area contributed by atoms with Gasteiger partial charge in [-0.25, -0.2) is 0 Å². The van der Waals surface area contributed by atoms with Gasteiger partial charge in [0.25, 0.3) is 0 Å². The summed E-state index contributed by atoms with van der Waals surface area (Å²) in [5, 5.41) is 16.6. The van der Waals surface area contributed by atoms with E-state index in [0.29, 0.717) is 4.47 Å².